The molecule has 2 N–H and O–H groups in total. The van der Waals surface area contributed by atoms with E-state index in [1.807, 2.05) is 18.2 Å². The first-order chi connectivity index (χ1) is 12.1. The standard InChI is InChI=1S/C18H25N3O4/c1-13-9-14-10-15(3-4-17(14)21(13)6-7-24-2)19-18(23)20-5-8-25-12-16(22)11-20/h3-4,9-10,16,22H,5-8,11-12H2,1-2H3,(H,19,23). The topological polar surface area (TPSA) is 76.0 Å². The van der Waals surface area contributed by atoms with Gasteiger partial charge < -0.3 is 29.4 Å². The van der Waals surface area contributed by atoms with E-state index in [1.54, 1.807) is 12.0 Å². The molecule has 136 valence electrons. The van der Waals surface area contributed by atoms with Gasteiger partial charge in [0.05, 0.1) is 32.5 Å². The van der Waals surface area contributed by atoms with Crippen molar-refractivity contribution < 1.29 is 19.4 Å². The van der Waals surface area contributed by atoms with E-state index in [-0.39, 0.29) is 19.2 Å². The van der Waals surface area contributed by atoms with Crippen molar-refractivity contribution in [2.45, 2.75) is 19.6 Å². The van der Waals surface area contributed by atoms with Gasteiger partial charge in [0.2, 0.25) is 0 Å². The Labute approximate surface area is 147 Å². The first kappa shape index (κ1) is 17.7. The van der Waals surface area contributed by atoms with Gasteiger partial charge in [-0.1, -0.05) is 0 Å². The summed E-state index contributed by atoms with van der Waals surface area (Å²) in [6, 6.07) is 7.75. The second-order valence-electron chi connectivity index (χ2n) is 6.31. The van der Waals surface area contributed by atoms with Crippen molar-refractivity contribution in [3.63, 3.8) is 0 Å². The number of β-amino-alcohol motifs (C(OH)–C–C–N with tert-alkyl or cyclic N) is 1. The molecule has 1 aromatic heterocycles. The van der Waals surface area contributed by atoms with Crippen molar-refractivity contribution in [3.8, 4) is 0 Å². The number of rotatable bonds is 4. The quantitative estimate of drug-likeness (QED) is 0.885. The maximum absolute atomic E-state index is 12.4. The molecule has 0 saturated carbocycles. The smallest absolute Gasteiger partial charge is 0.322 e. The van der Waals surface area contributed by atoms with Gasteiger partial charge in [-0.15, -0.1) is 0 Å². The number of urea groups is 1. The van der Waals surface area contributed by atoms with Crippen molar-refractivity contribution in [1.82, 2.24) is 9.47 Å². The summed E-state index contributed by atoms with van der Waals surface area (Å²) < 4.78 is 12.6. The molecule has 1 saturated heterocycles. The van der Waals surface area contributed by atoms with Gasteiger partial charge in [-0.3, -0.25) is 0 Å². The summed E-state index contributed by atoms with van der Waals surface area (Å²) in [4.78, 5) is 14.0. The molecule has 0 bridgehead atoms. The number of ether oxygens (including phenoxy) is 2. The Kier molecular flexibility index (Phi) is 5.57. The van der Waals surface area contributed by atoms with Crippen LogP contribution in [-0.4, -0.2) is 66.7 Å². The van der Waals surface area contributed by atoms with Crippen molar-refractivity contribution in [2.24, 2.45) is 0 Å². The Morgan fingerprint density at radius 3 is 3.08 bits per heavy atom. The van der Waals surface area contributed by atoms with Gasteiger partial charge in [-0.2, -0.15) is 0 Å². The second-order valence-corrected chi connectivity index (χ2v) is 6.31. The van der Waals surface area contributed by atoms with Crippen LogP contribution in [0.5, 0.6) is 0 Å². The zero-order chi connectivity index (χ0) is 17.8. The molecule has 7 nitrogen and oxygen atoms in total. The summed E-state index contributed by atoms with van der Waals surface area (Å²) in [5.41, 5.74) is 3.01. The number of benzene rings is 1. The van der Waals surface area contributed by atoms with Crippen LogP contribution >= 0.6 is 0 Å². The Morgan fingerprint density at radius 1 is 1.44 bits per heavy atom. The number of carbonyl (C=O) groups excluding carboxylic acids is 1. The van der Waals surface area contributed by atoms with Crippen LogP contribution in [-0.2, 0) is 16.0 Å². The first-order valence-corrected chi connectivity index (χ1v) is 8.49. The summed E-state index contributed by atoms with van der Waals surface area (Å²) >= 11 is 0. The Balaban J connectivity index is 1.74. The molecular formula is C18H25N3O4. The average Bonchev–Trinajstić information content (AvgIpc) is 2.74. The average molecular weight is 347 g/mol. The van der Waals surface area contributed by atoms with Gasteiger partial charge in [0.25, 0.3) is 0 Å². The summed E-state index contributed by atoms with van der Waals surface area (Å²) in [5, 5.41) is 13.7. The number of anilines is 1. The number of aromatic nitrogens is 1. The molecule has 2 amide bonds. The highest BCUT2D eigenvalue weighted by atomic mass is 16.5. The minimum atomic E-state index is -0.645. The molecule has 1 aliphatic rings. The minimum Gasteiger partial charge on any atom is -0.389 e. The van der Waals surface area contributed by atoms with E-state index in [0.717, 1.165) is 28.8 Å². The number of fused-ring (bicyclic) bond motifs is 1. The normalized spacial score (nSPS) is 18.4. The molecule has 3 rings (SSSR count). The fraction of sp³-hybridized carbons (Fsp3) is 0.500. The van der Waals surface area contributed by atoms with E-state index < -0.39 is 6.10 Å². The summed E-state index contributed by atoms with van der Waals surface area (Å²) in [7, 11) is 1.69. The number of hydrogen-bond donors (Lipinski definition) is 2. The van der Waals surface area contributed by atoms with E-state index in [2.05, 4.69) is 22.9 Å². The maximum atomic E-state index is 12.4. The second kappa shape index (κ2) is 7.86. The van der Waals surface area contributed by atoms with Crippen molar-refractivity contribution in [3.05, 3.63) is 30.0 Å². The molecule has 0 aliphatic carbocycles. The third-order valence-corrected chi connectivity index (χ3v) is 4.41. The van der Waals surface area contributed by atoms with Crippen LogP contribution < -0.4 is 5.32 Å². The molecule has 0 radical (unpaired) electrons. The molecule has 2 aromatic rings. The molecule has 1 fully saturated rings. The molecule has 7 heteroatoms. The lowest BCUT2D eigenvalue weighted by Crippen LogP contribution is -2.40. The molecule has 25 heavy (non-hydrogen) atoms. The number of aryl methyl sites for hydroxylation is 1. The van der Waals surface area contributed by atoms with Crippen LogP contribution in [0.1, 0.15) is 5.69 Å². The van der Waals surface area contributed by atoms with Crippen LogP contribution in [0.25, 0.3) is 10.9 Å². The van der Waals surface area contributed by atoms with Crippen LogP contribution in [0.4, 0.5) is 10.5 Å². The fourth-order valence-corrected chi connectivity index (χ4v) is 3.15. The first-order valence-electron chi connectivity index (χ1n) is 8.49. The molecule has 1 aromatic carbocycles. The third-order valence-electron chi connectivity index (χ3n) is 4.41. The highest BCUT2D eigenvalue weighted by Crippen LogP contribution is 2.23. The SMILES string of the molecule is COCCn1c(C)cc2cc(NC(=O)N3CCOCC(O)C3)ccc21. The number of nitrogens with zero attached hydrogens (tertiary/aromatic N) is 2. The number of aliphatic hydroxyl groups is 1. The van der Waals surface area contributed by atoms with E-state index >= 15 is 0 Å². The van der Waals surface area contributed by atoms with E-state index in [9.17, 15) is 9.90 Å². The lowest BCUT2D eigenvalue weighted by atomic mass is 10.2. The van der Waals surface area contributed by atoms with Gasteiger partial charge in [0.1, 0.15) is 0 Å². The van der Waals surface area contributed by atoms with Crippen LogP contribution in [0, 0.1) is 6.92 Å². The number of amides is 2. The monoisotopic (exact) mass is 347 g/mol. The summed E-state index contributed by atoms with van der Waals surface area (Å²) in [6.07, 6.45) is -0.645. The Hall–Kier alpha value is -2.09. The van der Waals surface area contributed by atoms with E-state index in [4.69, 9.17) is 9.47 Å². The van der Waals surface area contributed by atoms with Gasteiger partial charge in [-0.05, 0) is 31.2 Å². The predicted molar refractivity (Wildman–Crippen MR) is 96.0 cm³/mol. The number of methoxy groups -OCH3 is 1. The van der Waals surface area contributed by atoms with Crippen LogP contribution in [0.2, 0.25) is 0 Å². The Bertz CT molecular complexity index is 743. The zero-order valence-corrected chi connectivity index (χ0v) is 14.7. The molecule has 0 spiro atoms. The predicted octanol–water partition coefficient (Wildman–Crippen LogP) is 1.82. The van der Waals surface area contributed by atoms with Crippen molar-refractivity contribution in [2.75, 3.05) is 45.3 Å². The fourth-order valence-electron chi connectivity index (χ4n) is 3.15. The number of hydrogen-bond acceptors (Lipinski definition) is 4. The number of aliphatic hydroxyl groups excluding tert-OH is 1. The highest BCUT2D eigenvalue weighted by Gasteiger charge is 2.21. The molecular weight excluding hydrogens is 322 g/mol. The van der Waals surface area contributed by atoms with Crippen LogP contribution in [0.3, 0.4) is 0 Å². The molecule has 1 unspecified atom stereocenters. The molecule has 2 heterocycles. The van der Waals surface area contributed by atoms with Gasteiger partial charge in [0.15, 0.2) is 0 Å². The zero-order valence-electron chi connectivity index (χ0n) is 14.7. The molecule has 1 atom stereocenters. The summed E-state index contributed by atoms with van der Waals surface area (Å²) in [6.45, 7) is 4.96. The van der Waals surface area contributed by atoms with E-state index in [0.29, 0.717) is 19.8 Å². The lowest BCUT2D eigenvalue weighted by Gasteiger charge is -2.21. The van der Waals surface area contributed by atoms with Gasteiger partial charge in [0, 0.05) is 42.5 Å². The van der Waals surface area contributed by atoms with Gasteiger partial charge >= 0.3 is 6.03 Å². The lowest BCUT2D eigenvalue weighted by molar-refractivity contribution is 0.0575. The van der Waals surface area contributed by atoms with E-state index in [1.165, 1.54) is 0 Å². The minimum absolute atomic E-state index is 0.223. The van der Waals surface area contributed by atoms with Crippen molar-refractivity contribution in [1.29, 1.82) is 0 Å². The van der Waals surface area contributed by atoms with Crippen molar-refractivity contribution >= 4 is 22.6 Å². The van der Waals surface area contributed by atoms with Gasteiger partial charge in [-0.25, -0.2) is 4.79 Å². The summed E-state index contributed by atoms with van der Waals surface area (Å²) in [5.74, 6) is 0. The maximum Gasteiger partial charge on any atom is 0.322 e. The number of nitrogens with one attached hydrogen (secondary N) is 1. The largest absolute Gasteiger partial charge is 0.389 e. The number of carbonyl (C=O) groups is 1. The molecule has 1 aliphatic heterocycles. The highest BCUT2D eigenvalue weighted by molar-refractivity contribution is 5.93. The third kappa shape index (κ3) is 4.12. The van der Waals surface area contributed by atoms with Crippen LogP contribution in [0.15, 0.2) is 24.3 Å². The Morgan fingerprint density at radius 2 is 2.28 bits per heavy atom.